The van der Waals surface area contributed by atoms with E-state index in [-0.39, 0.29) is 29.1 Å². The number of thiocarbonyl (C=S) groups is 1. The number of alkyl carbamates (subject to hydrolysis) is 1. The molecule has 2 unspecified atom stereocenters. The lowest BCUT2D eigenvalue weighted by molar-refractivity contribution is -0.127. The highest BCUT2D eigenvalue weighted by Gasteiger charge is 2.38. The van der Waals surface area contributed by atoms with E-state index in [9.17, 15) is 9.59 Å². The molecule has 9 heteroatoms. The number of benzene rings is 1. The summed E-state index contributed by atoms with van der Waals surface area (Å²) in [5.41, 5.74) is 5.10. The van der Waals surface area contributed by atoms with E-state index in [0.717, 1.165) is 44.8 Å². The summed E-state index contributed by atoms with van der Waals surface area (Å²) >= 11 is 7.01. The first kappa shape index (κ1) is 31.0. The SMILES string of the molecule is CCC1CCC1NC(=O)C(C)(C)c1cc2c([C@H](C)CNC(=S)NC(=O)OC(C)C)c(-c3cc(C)cc(C)c3)[nH]c2s1. The summed E-state index contributed by atoms with van der Waals surface area (Å²) < 4.78 is 5.14. The van der Waals surface area contributed by atoms with Gasteiger partial charge in [0.05, 0.1) is 17.2 Å². The number of nitrogens with one attached hydrogen (secondary N) is 4. The van der Waals surface area contributed by atoms with E-state index in [0.29, 0.717) is 12.5 Å². The van der Waals surface area contributed by atoms with E-state index >= 15 is 0 Å². The number of rotatable bonds is 9. The van der Waals surface area contributed by atoms with Crippen LogP contribution >= 0.6 is 23.6 Å². The monoisotopic (exact) mass is 596 g/mol. The van der Waals surface area contributed by atoms with Gasteiger partial charge in [-0.15, -0.1) is 11.3 Å². The number of aromatic amines is 1. The van der Waals surface area contributed by atoms with Gasteiger partial charge in [-0.3, -0.25) is 10.1 Å². The summed E-state index contributed by atoms with van der Waals surface area (Å²) in [7, 11) is 0. The van der Waals surface area contributed by atoms with Crippen LogP contribution in [0.25, 0.3) is 21.5 Å². The van der Waals surface area contributed by atoms with E-state index in [4.69, 9.17) is 17.0 Å². The highest BCUT2D eigenvalue weighted by Crippen LogP contribution is 2.43. The predicted octanol–water partition coefficient (Wildman–Crippen LogP) is 7.21. The van der Waals surface area contributed by atoms with Crippen molar-refractivity contribution in [3.63, 3.8) is 0 Å². The molecule has 222 valence electrons. The summed E-state index contributed by atoms with van der Waals surface area (Å²) in [5.74, 6) is 0.709. The zero-order chi connectivity index (χ0) is 30.1. The Bertz CT molecular complexity index is 1420. The molecule has 2 amide bonds. The van der Waals surface area contributed by atoms with Gasteiger partial charge in [-0.05, 0) is 102 Å². The third-order valence-corrected chi connectivity index (χ3v) is 9.72. The molecule has 2 heterocycles. The first-order valence-electron chi connectivity index (χ1n) is 14.6. The van der Waals surface area contributed by atoms with Crippen LogP contribution < -0.4 is 16.0 Å². The summed E-state index contributed by atoms with van der Waals surface area (Å²) in [6.07, 6.45) is 2.55. The number of carbonyl (C=O) groups is 2. The highest BCUT2D eigenvalue weighted by atomic mass is 32.1. The van der Waals surface area contributed by atoms with Gasteiger partial charge < -0.3 is 20.4 Å². The largest absolute Gasteiger partial charge is 0.447 e. The molecule has 0 spiro atoms. The number of carbonyl (C=O) groups excluding carboxylic acids is 2. The van der Waals surface area contributed by atoms with Crippen molar-refractivity contribution in [1.82, 2.24) is 20.9 Å². The molecule has 3 atom stereocenters. The molecule has 7 nitrogen and oxygen atoms in total. The minimum absolute atomic E-state index is 0.0418. The third kappa shape index (κ3) is 6.95. The molecular formula is C32H44N4O3S2. The van der Waals surface area contributed by atoms with Gasteiger partial charge in [-0.25, -0.2) is 4.79 Å². The van der Waals surface area contributed by atoms with Crippen molar-refractivity contribution >= 4 is 50.9 Å². The van der Waals surface area contributed by atoms with Gasteiger partial charge in [0.25, 0.3) is 0 Å². The fourth-order valence-electron chi connectivity index (χ4n) is 5.60. The van der Waals surface area contributed by atoms with E-state index in [1.807, 2.05) is 13.8 Å². The van der Waals surface area contributed by atoms with Crippen molar-refractivity contribution in [1.29, 1.82) is 0 Å². The fraction of sp³-hybridized carbons (Fsp3) is 0.531. The predicted molar refractivity (Wildman–Crippen MR) is 173 cm³/mol. The Balaban J connectivity index is 1.64. The molecule has 4 N–H and O–H groups in total. The van der Waals surface area contributed by atoms with E-state index in [2.05, 4.69) is 72.9 Å². The van der Waals surface area contributed by atoms with Gasteiger partial charge in [0.2, 0.25) is 5.91 Å². The van der Waals surface area contributed by atoms with Crippen LogP contribution in [0.15, 0.2) is 24.3 Å². The average molecular weight is 597 g/mol. The Hall–Kier alpha value is -2.91. The molecule has 1 aromatic carbocycles. The molecule has 0 saturated heterocycles. The van der Waals surface area contributed by atoms with Gasteiger partial charge in [0.15, 0.2) is 5.11 Å². The lowest BCUT2D eigenvalue weighted by Crippen LogP contribution is -2.51. The Morgan fingerprint density at radius 3 is 2.39 bits per heavy atom. The molecule has 2 aromatic heterocycles. The lowest BCUT2D eigenvalue weighted by atomic mass is 9.77. The average Bonchev–Trinajstić information content (AvgIpc) is 3.43. The number of hydrogen-bond acceptors (Lipinski definition) is 5. The minimum atomic E-state index is -0.653. The fourth-order valence-corrected chi connectivity index (χ4v) is 6.95. The normalized spacial score (nSPS) is 17.7. The standard InChI is InChI=1S/C32H44N4O3S2/c1-9-21-10-11-24(21)34-29(37)32(7,8)25-15-23-26(20(6)16-33-30(40)36-31(38)39-17(2)3)27(35-28(23)41-25)22-13-18(4)12-19(5)14-22/h12-15,17,20-21,24,35H,9-11,16H2,1-8H3,(H,34,37)(H2,33,36,38,40)/t20-,21?,24?/m1/s1. The molecule has 1 fully saturated rings. The second-order valence-electron chi connectivity index (χ2n) is 12.3. The van der Waals surface area contributed by atoms with E-state index in [1.165, 1.54) is 17.5 Å². The Morgan fingerprint density at radius 2 is 1.80 bits per heavy atom. The number of amides is 2. The molecular weight excluding hydrogens is 553 g/mol. The van der Waals surface area contributed by atoms with Crippen molar-refractivity contribution in [3.05, 3.63) is 45.8 Å². The molecule has 4 rings (SSSR count). The quantitative estimate of drug-likeness (QED) is 0.196. The molecule has 0 aliphatic heterocycles. The molecule has 0 radical (unpaired) electrons. The van der Waals surface area contributed by atoms with Crippen molar-refractivity contribution in [2.24, 2.45) is 5.92 Å². The maximum Gasteiger partial charge on any atom is 0.413 e. The van der Waals surface area contributed by atoms with Crippen molar-refractivity contribution in [3.8, 4) is 11.3 Å². The summed E-state index contributed by atoms with van der Waals surface area (Å²) in [5, 5.41) is 10.4. The van der Waals surface area contributed by atoms with Crippen LogP contribution in [0.3, 0.4) is 0 Å². The third-order valence-electron chi connectivity index (χ3n) is 8.10. The number of fused-ring (bicyclic) bond motifs is 1. The van der Waals surface area contributed by atoms with Gasteiger partial charge >= 0.3 is 6.09 Å². The zero-order valence-electron chi connectivity index (χ0n) is 25.5. The molecule has 41 heavy (non-hydrogen) atoms. The van der Waals surface area contributed by atoms with Crippen LogP contribution in [0.5, 0.6) is 0 Å². The number of ether oxygens (including phenoxy) is 1. The smallest absolute Gasteiger partial charge is 0.413 e. The first-order chi connectivity index (χ1) is 19.3. The van der Waals surface area contributed by atoms with E-state index in [1.54, 1.807) is 25.2 Å². The van der Waals surface area contributed by atoms with Crippen molar-refractivity contribution in [2.45, 2.75) is 98.1 Å². The van der Waals surface area contributed by atoms with Crippen LogP contribution in [0.2, 0.25) is 0 Å². The van der Waals surface area contributed by atoms with Gasteiger partial charge in [0, 0.05) is 28.8 Å². The summed E-state index contributed by atoms with van der Waals surface area (Å²) in [4.78, 5) is 31.2. The molecule has 1 saturated carbocycles. The number of aryl methyl sites for hydroxylation is 2. The number of aromatic nitrogens is 1. The summed E-state index contributed by atoms with van der Waals surface area (Å²) in [6, 6.07) is 9.03. The number of H-pyrrole nitrogens is 1. The van der Waals surface area contributed by atoms with Crippen LogP contribution in [0, 0.1) is 19.8 Å². The molecule has 0 bridgehead atoms. The molecule has 1 aliphatic rings. The maximum atomic E-state index is 13.5. The van der Waals surface area contributed by atoms with Gasteiger partial charge in [-0.2, -0.15) is 0 Å². The topological polar surface area (TPSA) is 95.2 Å². The molecule has 3 aromatic rings. The Labute approximate surface area is 253 Å². The second-order valence-corrected chi connectivity index (χ2v) is 13.7. The number of hydrogen-bond donors (Lipinski definition) is 4. The first-order valence-corrected chi connectivity index (χ1v) is 15.8. The molecule has 1 aliphatic carbocycles. The second kappa shape index (κ2) is 12.5. The van der Waals surface area contributed by atoms with Crippen LogP contribution in [-0.2, 0) is 14.9 Å². The Kier molecular flexibility index (Phi) is 9.49. The lowest BCUT2D eigenvalue weighted by Gasteiger charge is -2.38. The zero-order valence-corrected chi connectivity index (χ0v) is 27.1. The maximum absolute atomic E-state index is 13.5. The summed E-state index contributed by atoms with van der Waals surface area (Å²) in [6.45, 7) is 16.7. The van der Waals surface area contributed by atoms with Crippen molar-refractivity contribution in [2.75, 3.05) is 6.54 Å². The van der Waals surface area contributed by atoms with Crippen molar-refractivity contribution < 1.29 is 14.3 Å². The van der Waals surface area contributed by atoms with Crippen LogP contribution in [0.1, 0.15) is 88.3 Å². The van der Waals surface area contributed by atoms with E-state index < -0.39 is 11.5 Å². The highest BCUT2D eigenvalue weighted by molar-refractivity contribution is 7.80. The number of thiophene rings is 1. The van der Waals surface area contributed by atoms with Gasteiger partial charge in [0.1, 0.15) is 4.83 Å². The van der Waals surface area contributed by atoms with Crippen LogP contribution in [0.4, 0.5) is 4.79 Å². The van der Waals surface area contributed by atoms with Crippen LogP contribution in [-0.4, -0.2) is 40.8 Å². The minimum Gasteiger partial charge on any atom is -0.447 e. The van der Waals surface area contributed by atoms with Gasteiger partial charge in [-0.1, -0.05) is 37.5 Å². The Morgan fingerprint density at radius 1 is 1.12 bits per heavy atom.